The van der Waals surface area contributed by atoms with Gasteiger partial charge in [0.15, 0.2) is 0 Å². The second kappa shape index (κ2) is 7.91. The van der Waals surface area contributed by atoms with E-state index in [9.17, 15) is 4.79 Å². The largest absolute Gasteiger partial charge is 0.497 e. The zero-order valence-corrected chi connectivity index (χ0v) is 17.4. The number of rotatable bonds is 5. The SMILES string of the molecule is COc1cc(OC)cc(-c2cc3cnc(Nc4ccccc4C)cc3n(C)c2=O)c1. The minimum absolute atomic E-state index is 0.106. The Morgan fingerprint density at radius 1 is 0.967 bits per heavy atom. The predicted octanol–water partition coefficient (Wildman–Crippen LogP) is 4.67. The Bertz CT molecular complexity index is 1270. The third-order valence-corrected chi connectivity index (χ3v) is 5.18. The lowest BCUT2D eigenvalue weighted by atomic mass is 10.0. The average molecular weight is 401 g/mol. The van der Waals surface area contributed by atoms with Gasteiger partial charge in [-0.1, -0.05) is 18.2 Å². The summed E-state index contributed by atoms with van der Waals surface area (Å²) < 4.78 is 12.3. The van der Waals surface area contributed by atoms with E-state index in [1.54, 1.807) is 38.1 Å². The van der Waals surface area contributed by atoms with Crippen LogP contribution in [0.4, 0.5) is 11.5 Å². The van der Waals surface area contributed by atoms with Crippen LogP contribution in [0.25, 0.3) is 22.0 Å². The lowest BCUT2D eigenvalue weighted by Crippen LogP contribution is -2.19. The first-order valence-corrected chi connectivity index (χ1v) is 9.56. The molecule has 2 aromatic carbocycles. The zero-order chi connectivity index (χ0) is 21.3. The van der Waals surface area contributed by atoms with Gasteiger partial charge < -0.3 is 19.4 Å². The Morgan fingerprint density at radius 3 is 2.33 bits per heavy atom. The maximum absolute atomic E-state index is 13.1. The molecule has 0 amide bonds. The van der Waals surface area contributed by atoms with Gasteiger partial charge in [-0.05, 0) is 42.3 Å². The maximum atomic E-state index is 13.1. The van der Waals surface area contributed by atoms with Gasteiger partial charge in [0.05, 0.1) is 19.7 Å². The molecule has 0 fully saturated rings. The summed E-state index contributed by atoms with van der Waals surface area (Å²) in [7, 11) is 4.94. The summed E-state index contributed by atoms with van der Waals surface area (Å²) in [5, 5.41) is 4.19. The number of para-hydroxylation sites is 1. The van der Waals surface area contributed by atoms with Gasteiger partial charge in [-0.3, -0.25) is 4.79 Å². The van der Waals surface area contributed by atoms with E-state index in [4.69, 9.17) is 9.47 Å². The molecule has 0 aliphatic heterocycles. The highest BCUT2D eigenvalue weighted by molar-refractivity contribution is 5.86. The number of methoxy groups -OCH3 is 2. The van der Waals surface area contributed by atoms with Crippen LogP contribution in [-0.2, 0) is 7.05 Å². The highest BCUT2D eigenvalue weighted by Crippen LogP contribution is 2.30. The van der Waals surface area contributed by atoms with Crippen LogP contribution < -0.4 is 20.3 Å². The molecular formula is C24H23N3O3. The van der Waals surface area contributed by atoms with E-state index in [-0.39, 0.29) is 5.56 Å². The second-order valence-electron chi connectivity index (χ2n) is 7.09. The maximum Gasteiger partial charge on any atom is 0.258 e. The van der Waals surface area contributed by atoms with E-state index in [2.05, 4.69) is 10.3 Å². The van der Waals surface area contributed by atoms with E-state index in [1.807, 2.05) is 55.5 Å². The number of ether oxygens (including phenoxy) is 2. The number of hydrogen-bond donors (Lipinski definition) is 1. The Hall–Kier alpha value is -3.80. The molecule has 4 aromatic rings. The fraction of sp³-hybridized carbons (Fsp3) is 0.167. The van der Waals surface area contributed by atoms with Crippen LogP contribution in [0.15, 0.2) is 65.6 Å². The molecule has 0 radical (unpaired) electrons. The third kappa shape index (κ3) is 3.59. The predicted molar refractivity (Wildman–Crippen MR) is 120 cm³/mol. The van der Waals surface area contributed by atoms with E-state index in [0.29, 0.717) is 22.9 Å². The summed E-state index contributed by atoms with van der Waals surface area (Å²) >= 11 is 0. The van der Waals surface area contributed by atoms with Gasteiger partial charge in [-0.2, -0.15) is 0 Å². The van der Waals surface area contributed by atoms with Gasteiger partial charge in [0, 0.05) is 42.0 Å². The summed E-state index contributed by atoms with van der Waals surface area (Å²) in [6.45, 7) is 2.04. The third-order valence-electron chi connectivity index (χ3n) is 5.18. The molecule has 0 aliphatic rings. The van der Waals surface area contributed by atoms with Gasteiger partial charge in [0.1, 0.15) is 17.3 Å². The van der Waals surface area contributed by atoms with Crippen LogP contribution >= 0.6 is 0 Å². The zero-order valence-electron chi connectivity index (χ0n) is 17.4. The molecule has 2 heterocycles. The van der Waals surface area contributed by atoms with Crippen LogP contribution in [-0.4, -0.2) is 23.8 Å². The fourth-order valence-corrected chi connectivity index (χ4v) is 3.45. The summed E-state index contributed by atoms with van der Waals surface area (Å²) in [5.41, 5.74) is 4.08. The number of nitrogens with one attached hydrogen (secondary N) is 1. The van der Waals surface area contributed by atoms with Crippen molar-refractivity contribution in [3.05, 3.63) is 76.7 Å². The van der Waals surface area contributed by atoms with Crippen molar-refractivity contribution in [2.45, 2.75) is 6.92 Å². The summed E-state index contributed by atoms with van der Waals surface area (Å²) in [6, 6.07) is 17.2. The first-order chi connectivity index (χ1) is 14.5. The number of anilines is 2. The molecule has 0 unspecified atom stereocenters. The highest BCUT2D eigenvalue weighted by Gasteiger charge is 2.13. The molecule has 4 rings (SSSR count). The molecule has 30 heavy (non-hydrogen) atoms. The van der Waals surface area contributed by atoms with Crippen LogP contribution in [0.2, 0.25) is 0 Å². The number of hydrogen-bond acceptors (Lipinski definition) is 5. The molecule has 0 aliphatic carbocycles. The monoisotopic (exact) mass is 401 g/mol. The summed E-state index contributed by atoms with van der Waals surface area (Å²) in [6.07, 6.45) is 1.77. The standard InChI is InChI=1S/C24H23N3O3/c1-15-7-5-6-8-21(15)26-23-13-22-17(14-25-23)11-20(24(28)27(22)2)16-9-18(29-3)12-19(10-16)30-4/h5-14H,1-4H3,(H,25,26). The second-order valence-corrected chi connectivity index (χ2v) is 7.09. The van der Waals surface area contributed by atoms with E-state index in [0.717, 1.165) is 27.7 Å². The van der Waals surface area contributed by atoms with Crippen LogP contribution in [0.5, 0.6) is 11.5 Å². The topological polar surface area (TPSA) is 65.4 Å². The molecule has 6 heteroatoms. The molecule has 0 saturated carbocycles. The van der Waals surface area contributed by atoms with E-state index in [1.165, 1.54) is 0 Å². The van der Waals surface area contributed by atoms with Crippen LogP contribution in [0.1, 0.15) is 5.56 Å². The van der Waals surface area contributed by atoms with Crippen LogP contribution in [0, 0.1) is 6.92 Å². The van der Waals surface area contributed by atoms with Crippen molar-refractivity contribution in [3.8, 4) is 22.6 Å². The highest BCUT2D eigenvalue weighted by atomic mass is 16.5. The first-order valence-electron chi connectivity index (χ1n) is 9.56. The van der Waals surface area contributed by atoms with Crippen molar-refractivity contribution in [1.82, 2.24) is 9.55 Å². The number of benzene rings is 2. The van der Waals surface area contributed by atoms with Crippen molar-refractivity contribution in [2.24, 2.45) is 7.05 Å². The minimum Gasteiger partial charge on any atom is -0.497 e. The van der Waals surface area contributed by atoms with Crippen molar-refractivity contribution >= 4 is 22.4 Å². The number of aromatic nitrogens is 2. The molecule has 2 aromatic heterocycles. The lowest BCUT2D eigenvalue weighted by molar-refractivity contribution is 0.394. The summed E-state index contributed by atoms with van der Waals surface area (Å²) in [4.78, 5) is 17.7. The minimum atomic E-state index is -0.106. The first kappa shape index (κ1) is 19.5. The quantitative estimate of drug-likeness (QED) is 0.526. The van der Waals surface area contributed by atoms with Gasteiger partial charge in [0.2, 0.25) is 0 Å². The Kier molecular flexibility index (Phi) is 5.14. The van der Waals surface area contributed by atoms with Crippen molar-refractivity contribution < 1.29 is 9.47 Å². The van der Waals surface area contributed by atoms with Gasteiger partial charge in [-0.25, -0.2) is 4.98 Å². The van der Waals surface area contributed by atoms with Crippen molar-refractivity contribution in [3.63, 3.8) is 0 Å². The molecule has 0 saturated heterocycles. The van der Waals surface area contributed by atoms with Gasteiger partial charge in [0.25, 0.3) is 5.56 Å². The molecule has 152 valence electrons. The molecular weight excluding hydrogens is 378 g/mol. The van der Waals surface area contributed by atoms with Crippen LogP contribution in [0.3, 0.4) is 0 Å². The van der Waals surface area contributed by atoms with E-state index >= 15 is 0 Å². The molecule has 0 bridgehead atoms. The average Bonchev–Trinajstić information content (AvgIpc) is 2.77. The normalized spacial score (nSPS) is 10.8. The molecule has 0 atom stereocenters. The van der Waals surface area contributed by atoms with Gasteiger partial charge >= 0.3 is 0 Å². The van der Waals surface area contributed by atoms with Crippen molar-refractivity contribution in [2.75, 3.05) is 19.5 Å². The van der Waals surface area contributed by atoms with Crippen molar-refractivity contribution in [1.29, 1.82) is 0 Å². The number of fused-ring (bicyclic) bond motifs is 1. The smallest absolute Gasteiger partial charge is 0.258 e. The molecule has 0 spiro atoms. The molecule has 6 nitrogen and oxygen atoms in total. The number of aryl methyl sites for hydroxylation is 2. The Morgan fingerprint density at radius 2 is 1.67 bits per heavy atom. The summed E-state index contributed by atoms with van der Waals surface area (Å²) in [5.74, 6) is 1.94. The fourth-order valence-electron chi connectivity index (χ4n) is 3.45. The van der Waals surface area contributed by atoms with E-state index < -0.39 is 0 Å². The number of nitrogens with zero attached hydrogens (tertiary/aromatic N) is 2. The van der Waals surface area contributed by atoms with Gasteiger partial charge in [-0.15, -0.1) is 0 Å². The lowest BCUT2D eigenvalue weighted by Gasteiger charge is -2.13. The molecule has 1 N–H and O–H groups in total. The number of pyridine rings is 2. The Balaban J connectivity index is 1.81. The Labute approximate surface area is 174 Å².